The van der Waals surface area contributed by atoms with Crippen molar-refractivity contribution in [3.05, 3.63) is 82.2 Å². The van der Waals surface area contributed by atoms with Crippen molar-refractivity contribution in [1.82, 2.24) is 5.16 Å². The number of para-hydroxylation sites is 1. The predicted molar refractivity (Wildman–Crippen MR) is 92.6 cm³/mol. The van der Waals surface area contributed by atoms with Crippen LogP contribution in [0.4, 0.5) is 0 Å². The van der Waals surface area contributed by atoms with Gasteiger partial charge in [0, 0.05) is 11.1 Å². The quantitative estimate of drug-likeness (QED) is 0.604. The van der Waals surface area contributed by atoms with Gasteiger partial charge >= 0.3 is 5.97 Å². The summed E-state index contributed by atoms with van der Waals surface area (Å²) in [6.07, 6.45) is 0. The first-order chi connectivity index (χ1) is 12.1. The van der Waals surface area contributed by atoms with E-state index in [4.69, 9.17) is 25.6 Å². The largest absolute Gasteiger partial charge is 0.488 e. The van der Waals surface area contributed by atoms with Gasteiger partial charge in [0.2, 0.25) is 0 Å². The minimum absolute atomic E-state index is 0.0433. The standard InChI is InChI=1S/C19H16ClNO4/c1-13-10-16(21-25-13)12-24-19(22)17-4-2-3-5-18(17)23-11-14-6-8-15(20)9-7-14/h2-10H,11-12H2,1H3. The summed E-state index contributed by atoms with van der Waals surface area (Å²) >= 11 is 5.87. The van der Waals surface area contributed by atoms with Crippen molar-refractivity contribution >= 4 is 17.6 Å². The number of aromatic nitrogens is 1. The fraction of sp³-hybridized carbons (Fsp3) is 0.158. The second-order valence-corrected chi connectivity index (χ2v) is 5.85. The number of halogens is 1. The van der Waals surface area contributed by atoms with Gasteiger partial charge in [-0.15, -0.1) is 0 Å². The molecule has 25 heavy (non-hydrogen) atoms. The number of esters is 1. The average Bonchev–Trinajstić information content (AvgIpc) is 3.05. The summed E-state index contributed by atoms with van der Waals surface area (Å²) in [6, 6.07) is 16.0. The molecule has 3 rings (SSSR count). The Hall–Kier alpha value is -2.79. The lowest BCUT2D eigenvalue weighted by molar-refractivity contribution is 0.0459. The Labute approximate surface area is 150 Å². The molecule has 0 saturated heterocycles. The minimum atomic E-state index is -0.479. The number of carbonyl (C=O) groups excluding carboxylic acids is 1. The van der Waals surface area contributed by atoms with Crippen LogP contribution in [0.3, 0.4) is 0 Å². The van der Waals surface area contributed by atoms with Gasteiger partial charge in [-0.05, 0) is 36.8 Å². The maximum absolute atomic E-state index is 12.3. The predicted octanol–water partition coefficient (Wildman–Crippen LogP) is 4.57. The van der Waals surface area contributed by atoms with E-state index in [0.717, 1.165) is 5.56 Å². The molecule has 2 aromatic carbocycles. The number of benzene rings is 2. The number of aryl methyl sites for hydroxylation is 1. The van der Waals surface area contributed by atoms with Gasteiger partial charge in [0.15, 0.2) is 0 Å². The van der Waals surface area contributed by atoms with E-state index < -0.39 is 5.97 Å². The van der Waals surface area contributed by atoms with Crippen LogP contribution in [0.2, 0.25) is 5.02 Å². The van der Waals surface area contributed by atoms with Crippen LogP contribution in [-0.4, -0.2) is 11.1 Å². The lowest BCUT2D eigenvalue weighted by Crippen LogP contribution is -2.08. The highest BCUT2D eigenvalue weighted by Gasteiger charge is 2.14. The summed E-state index contributed by atoms with van der Waals surface area (Å²) in [4.78, 5) is 12.3. The van der Waals surface area contributed by atoms with Gasteiger partial charge in [0.25, 0.3) is 0 Å². The molecule has 0 spiro atoms. The van der Waals surface area contributed by atoms with E-state index in [1.807, 2.05) is 12.1 Å². The van der Waals surface area contributed by atoms with Gasteiger partial charge in [0.1, 0.15) is 36.0 Å². The number of rotatable bonds is 6. The van der Waals surface area contributed by atoms with Gasteiger partial charge in [-0.25, -0.2) is 4.79 Å². The number of ether oxygens (including phenoxy) is 2. The molecule has 0 aliphatic heterocycles. The molecule has 6 heteroatoms. The Morgan fingerprint density at radius 3 is 2.60 bits per heavy atom. The van der Waals surface area contributed by atoms with Crippen molar-refractivity contribution in [2.75, 3.05) is 0 Å². The van der Waals surface area contributed by atoms with Crippen LogP contribution >= 0.6 is 11.6 Å². The lowest BCUT2D eigenvalue weighted by Gasteiger charge is -2.11. The van der Waals surface area contributed by atoms with E-state index in [1.54, 1.807) is 49.4 Å². The Balaban J connectivity index is 1.65. The molecule has 0 N–H and O–H groups in total. The summed E-state index contributed by atoms with van der Waals surface area (Å²) in [5, 5.41) is 4.46. The van der Waals surface area contributed by atoms with E-state index in [9.17, 15) is 4.79 Å². The summed E-state index contributed by atoms with van der Waals surface area (Å²) < 4.78 is 16.0. The molecule has 0 saturated carbocycles. The van der Waals surface area contributed by atoms with Crippen LogP contribution in [0.5, 0.6) is 5.75 Å². The highest BCUT2D eigenvalue weighted by Crippen LogP contribution is 2.21. The first-order valence-electron chi connectivity index (χ1n) is 7.67. The Bertz CT molecular complexity index is 858. The van der Waals surface area contributed by atoms with E-state index in [2.05, 4.69) is 5.16 Å². The molecule has 0 radical (unpaired) electrons. The topological polar surface area (TPSA) is 61.6 Å². The normalized spacial score (nSPS) is 10.5. The van der Waals surface area contributed by atoms with E-state index in [0.29, 0.717) is 34.4 Å². The molecule has 0 unspecified atom stereocenters. The maximum atomic E-state index is 12.3. The van der Waals surface area contributed by atoms with Crippen LogP contribution in [-0.2, 0) is 18.0 Å². The molecule has 0 amide bonds. The Kier molecular flexibility index (Phi) is 5.36. The smallest absolute Gasteiger partial charge is 0.342 e. The highest BCUT2D eigenvalue weighted by atomic mass is 35.5. The van der Waals surface area contributed by atoms with Crippen LogP contribution in [0.15, 0.2) is 59.1 Å². The van der Waals surface area contributed by atoms with E-state index in [1.165, 1.54) is 0 Å². The highest BCUT2D eigenvalue weighted by molar-refractivity contribution is 6.30. The van der Waals surface area contributed by atoms with Crippen LogP contribution in [0.25, 0.3) is 0 Å². The van der Waals surface area contributed by atoms with Crippen molar-refractivity contribution < 1.29 is 18.8 Å². The van der Waals surface area contributed by atoms with E-state index >= 15 is 0 Å². The SMILES string of the molecule is Cc1cc(COC(=O)c2ccccc2OCc2ccc(Cl)cc2)no1. The first kappa shape index (κ1) is 17.0. The number of hydrogen-bond donors (Lipinski definition) is 0. The number of nitrogens with zero attached hydrogens (tertiary/aromatic N) is 1. The van der Waals surface area contributed by atoms with Gasteiger partial charge < -0.3 is 14.0 Å². The molecule has 5 nitrogen and oxygen atoms in total. The Morgan fingerprint density at radius 1 is 1.12 bits per heavy atom. The third-order valence-corrected chi connectivity index (χ3v) is 3.69. The van der Waals surface area contributed by atoms with E-state index in [-0.39, 0.29) is 6.61 Å². The zero-order valence-corrected chi connectivity index (χ0v) is 14.3. The molecule has 0 bridgehead atoms. The second-order valence-electron chi connectivity index (χ2n) is 5.42. The van der Waals surface area contributed by atoms with Crippen molar-refractivity contribution in [3.8, 4) is 5.75 Å². The molecule has 0 fully saturated rings. The number of carbonyl (C=O) groups is 1. The molecule has 1 heterocycles. The van der Waals surface area contributed by atoms with Gasteiger partial charge in [0.05, 0.1) is 0 Å². The summed E-state index contributed by atoms with van der Waals surface area (Å²) in [5.41, 5.74) is 1.87. The Morgan fingerprint density at radius 2 is 1.88 bits per heavy atom. The molecule has 128 valence electrons. The third-order valence-electron chi connectivity index (χ3n) is 3.44. The monoisotopic (exact) mass is 357 g/mol. The first-order valence-corrected chi connectivity index (χ1v) is 8.05. The van der Waals surface area contributed by atoms with Crippen LogP contribution < -0.4 is 4.74 Å². The summed E-state index contributed by atoms with van der Waals surface area (Å²) in [7, 11) is 0. The van der Waals surface area contributed by atoms with Gasteiger partial charge in [-0.1, -0.05) is 41.0 Å². The van der Waals surface area contributed by atoms with Crippen molar-refractivity contribution in [2.24, 2.45) is 0 Å². The molecular weight excluding hydrogens is 342 g/mol. The summed E-state index contributed by atoms with van der Waals surface area (Å²) in [5.74, 6) is 0.642. The molecule has 0 atom stereocenters. The molecule has 3 aromatic rings. The zero-order chi connectivity index (χ0) is 17.6. The van der Waals surface area contributed by atoms with Gasteiger partial charge in [-0.3, -0.25) is 0 Å². The molecule has 1 aromatic heterocycles. The lowest BCUT2D eigenvalue weighted by atomic mass is 10.2. The fourth-order valence-corrected chi connectivity index (χ4v) is 2.33. The fourth-order valence-electron chi connectivity index (χ4n) is 2.21. The van der Waals surface area contributed by atoms with Crippen molar-refractivity contribution in [2.45, 2.75) is 20.1 Å². The maximum Gasteiger partial charge on any atom is 0.342 e. The van der Waals surface area contributed by atoms with Gasteiger partial charge in [-0.2, -0.15) is 0 Å². The average molecular weight is 358 g/mol. The van der Waals surface area contributed by atoms with Crippen LogP contribution in [0, 0.1) is 6.92 Å². The molecular formula is C19H16ClNO4. The van der Waals surface area contributed by atoms with Crippen molar-refractivity contribution in [3.63, 3.8) is 0 Å². The van der Waals surface area contributed by atoms with Crippen LogP contribution in [0.1, 0.15) is 27.4 Å². The second kappa shape index (κ2) is 7.85. The third kappa shape index (κ3) is 4.61. The minimum Gasteiger partial charge on any atom is -0.488 e. The molecule has 0 aliphatic rings. The molecule has 0 aliphatic carbocycles. The summed E-state index contributed by atoms with van der Waals surface area (Å²) in [6.45, 7) is 2.14. The zero-order valence-electron chi connectivity index (χ0n) is 13.6. The number of hydrogen-bond acceptors (Lipinski definition) is 5. The van der Waals surface area contributed by atoms with Crippen molar-refractivity contribution in [1.29, 1.82) is 0 Å².